The van der Waals surface area contributed by atoms with E-state index in [2.05, 4.69) is 37.1 Å². The Kier molecular flexibility index (Phi) is 35.7. The molecule has 3 aromatic carbocycles. The van der Waals surface area contributed by atoms with Gasteiger partial charge in [0.1, 0.15) is 36.5 Å². The van der Waals surface area contributed by atoms with Gasteiger partial charge in [-0.1, -0.05) is 133 Å². The SMILES string of the molecule is CC[C@H](C)[C@@H]([C@@H](CC(=O)N1CCC[C@H]1[C@H](OC)[C@@H](C)C(=O)N[C@H](C)[C@@H](O)c1ccccc1)OC)N(C)C(=O)[C@@H](NC(=O)[C@H](C(C)C)N(C)C(=O)OCc1ccc(NC(=O)[C@H](C)NC(=O)[C@@H](NC(=O)CCSSC(C)(C)CC(=O)N/N=C2\CCc3cc(OCCCC(=O)ON4C(=O)CCC4=O)ccc32)C(C)C)cc1)C(C)C. The van der Waals surface area contributed by atoms with Gasteiger partial charge in [0.2, 0.25) is 47.3 Å². The van der Waals surface area contributed by atoms with Crippen molar-refractivity contribution < 1.29 is 86.4 Å². The van der Waals surface area contributed by atoms with Crippen LogP contribution in [-0.4, -0.2) is 208 Å². The minimum atomic E-state index is -1.07. The molecule has 111 heavy (non-hydrogen) atoms. The molecule has 6 rings (SSSR count). The molecule has 1 aliphatic carbocycles. The average Bonchev–Trinajstić information content (AvgIpc) is 1.80. The van der Waals surface area contributed by atoms with Crippen LogP contribution >= 0.6 is 21.6 Å². The first kappa shape index (κ1) is 91.2. The monoisotopic (exact) mass is 1580 g/mol. The normalized spacial score (nSPS) is 17.6. The lowest BCUT2D eigenvalue weighted by atomic mass is 9.89. The van der Waals surface area contributed by atoms with E-state index < -0.39 is 131 Å². The molecule has 3 aliphatic rings. The van der Waals surface area contributed by atoms with E-state index >= 15 is 0 Å². The number of hydrogen-bond acceptors (Lipinski definition) is 21. The van der Waals surface area contributed by atoms with Crippen LogP contribution in [0.15, 0.2) is 77.9 Å². The van der Waals surface area contributed by atoms with Gasteiger partial charge in [-0.15, -0.1) is 5.06 Å². The Morgan fingerprint density at radius 1 is 0.721 bits per heavy atom. The number of nitrogens with zero attached hydrogens (tertiary/aromatic N) is 5. The topological polar surface area (TPSA) is 369 Å². The highest BCUT2D eigenvalue weighted by atomic mass is 33.1. The number of nitrogens with one attached hydrogen (secondary N) is 6. The van der Waals surface area contributed by atoms with Gasteiger partial charge in [-0.3, -0.25) is 52.8 Å². The quantitative estimate of drug-likeness (QED) is 0.0121. The number of likely N-dealkylation sites (N-methyl/N-ethyl adjacent to an activating group) is 2. The largest absolute Gasteiger partial charge is 0.494 e. The summed E-state index contributed by atoms with van der Waals surface area (Å²) in [7, 11) is 8.97. The number of rotatable bonds is 42. The number of amides is 11. The molecule has 3 aromatic rings. The number of benzene rings is 3. The lowest BCUT2D eigenvalue weighted by molar-refractivity contribution is -0.197. The summed E-state index contributed by atoms with van der Waals surface area (Å²) in [6, 6.07) is 15.3. The van der Waals surface area contributed by atoms with E-state index in [1.165, 1.54) is 54.7 Å². The summed E-state index contributed by atoms with van der Waals surface area (Å²) < 4.78 is 23.1. The number of likely N-dealkylation sites (tertiary alicyclic amines) is 1. The zero-order valence-electron chi connectivity index (χ0n) is 67.3. The molecule has 31 heteroatoms. The fourth-order valence-corrected chi connectivity index (χ4v) is 16.3. The Balaban J connectivity index is 0.915. The van der Waals surface area contributed by atoms with Crippen molar-refractivity contribution in [3.63, 3.8) is 0 Å². The number of methoxy groups -OCH3 is 2. The van der Waals surface area contributed by atoms with E-state index in [0.29, 0.717) is 78.4 Å². The highest BCUT2D eigenvalue weighted by Gasteiger charge is 2.45. The summed E-state index contributed by atoms with van der Waals surface area (Å²) in [5.74, 6) is -6.12. The van der Waals surface area contributed by atoms with Crippen molar-refractivity contribution in [3.05, 3.63) is 95.1 Å². The highest BCUT2D eigenvalue weighted by molar-refractivity contribution is 8.77. The van der Waals surface area contributed by atoms with Gasteiger partial charge in [-0.2, -0.15) is 5.10 Å². The molecule has 0 saturated carbocycles. The first-order chi connectivity index (χ1) is 52.5. The Bertz CT molecular complexity index is 3720. The molecule has 29 nitrogen and oxygen atoms in total. The van der Waals surface area contributed by atoms with Gasteiger partial charge in [0.15, 0.2) is 0 Å². The number of carbonyl (C=O) groups excluding carboxylic acids is 12. The fraction of sp³-hybridized carbons (Fsp3) is 0.613. The van der Waals surface area contributed by atoms with E-state index in [9.17, 15) is 62.6 Å². The highest BCUT2D eigenvalue weighted by Crippen LogP contribution is 2.39. The van der Waals surface area contributed by atoms with Crippen LogP contribution in [0.2, 0.25) is 0 Å². The molecule has 2 aliphatic heterocycles. The fourth-order valence-electron chi connectivity index (χ4n) is 13.8. The Morgan fingerprint density at radius 3 is 2.01 bits per heavy atom. The molecule has 2 saturated heterocycles. The second-order valence-corrected chi connectivity index (χ2v) is 33.7. The van der Waals surface area contributed by atoms with Gasteiger partial charge < -0.3 is 65.3 Å². The Hall–Kier alpha value is -8.65. The summed E-state index contributed by atoms with van der Waals surface area (Å²) in [6.45, 7) is 23.9. The minimum absolute atomic E-state index is 0.0204. The summed E-state index contributed by atoms with van der Waals surface area (Å²) in [5.41, 5.74) is 6.90. The number of aliphatic hydroxyl groups excluding tert-OH is 1. The van der Waals surface area contributed by atoms with Crippen LogP contribution in [-0.2, 0) is 84.8 Å². The van der Waals surface area contributed by atoms with Gasteiger partial charge >= 0.3 is 12.1 Å². The molecule has 612 valence electrons. The number of ether oxygens (including phenoxy) is 4. The third-order valence-corrected chi connectivity index (χ3v) is 23.6. The molecule has 11 amide bonds. The van der Waals surface area contributed by atoms with Crippen LogP contribution in [0.25, 0.3) is 0 Å². The molecule has 2 fully saturated rings. The van der Waals surface area contributed by atoms with Gasteiger partial charge in [-0.05, 0) is 130 Å². The van der Waals surface area contributed by atoms with Gasteiger partial charge in [0.05, 0.1) is 67.5 Å². The number of imide groups is 1. The second-order valence-electron chi connectivity index (χ2n) is 30.5. The van der Waals surface area contributed by atoms with Crippen molar-refractivity contribution in [1.82, 2.24) is 46.5 Å². The van der Waals surface area contributed by atoms with Crippen LogP contribution in [0, 0.1) is 29.6 Å². The zero-order chi connectivity index (χ0) is 82.1. The summed E-state index contributed by atoms with van der Waals surface area (Å²) >= 11 is 0. The van der Waals surface area contributed by atoms with Crippen molar-refractivity contribution in [3.8, 4) is 5.75 Å². The Morgan fingerprint density at radius 2 is 1.39 bits per heavy atom. The maximum Gasteiger partial charge on any atom is 0.410 e. The first-order valence-corrected chi connectivity index (χ1v) is 40.7. The number of carbonyl (C=O) groups is 12. The number of hydrazone groups is 1. The second kappa shape index (κ2) is 43.4. The van der Waals surface area contributed by atoms with E-state index in [-0.39, 0.29) is 87.2 Å². The molecule has 7 N–H and O–H groups in total. The maximum absolute atomic E-state index is 14.8. The molecule has 0 aromatic heterocycles. The standard InChI is InChI=1S/C80H117N11O18S2/c1-18-49(8)71(61(105-16)43-66(96)90-39-22-26-60(90)73(106-17)50(9)74(99)81-51(10)72(98)54-24-20-19-21-25-54)88(14)78(103)69(47(4)5)85-77(102)70(48(6)7)89(15)79(104)108-45-53-28-31-56(32-29-53)83-75(100)52(11)82-76(101)68(46(2)3)84-62(92)38-41-110-111-80(12,13)44-63(93)87-86-59-35-30-55-42-57(33-34-58(55)59)107-40-23-27-67(97)109-91-64(94)36-37-65(91)95/h19-21,24-25,28-29,31-34,42,46-52,60-61,68-73,98H,18,22-23,26-27,30,35-41,43-45H2,1-17H3,(H,81,99)(H,82,101)(H,83,100)(H,84,92)(H,85,102)(H,87,93)/b86-59+/t49-,50+,51+,52-,60-,61+,68-,69-,70-,71-,72+,73+/m0/s1. The summed E-state index contributed by atoms with van der Waals surface area (Å²) in [5, 5.41) is 30.1. The van der Waals surface area contributed by atoms with Crippen molar-refractivity contribution in [2.24, 2.45) is 34.7 Å². The van der Waals surface area contributed by atoms with Crippen molar-refractivity contribution in [1.29, 1.82) is 0 Å². The van der Waals surface area contributed by atoms with Crippen molar-refractivity contribution in [2.45, 2.75) is 239 Å². The molecule has 0 spiro atoms. The summed E-state index contributed by atoms with van der Waals surface area (Å²) in [4.78, 5) is 169. The number of hydrogen-bond donors (Lipinski definition) is 7. The smallest absolute Gasteiger partial charge is 0.410 e. The van der Waals surface area contributed by atoms with E-state index in [0.717, 1.165) is 16.8 Å². The number of hydroxylamine groups is 2. The molecule has 2 heterocycles. The molecule has 0 bridgehead atoms. The first-order valence-electron chi connectivity index (χ1n) is 38.3. The summed E-state index contributed by atoms with van der Waals surface area (Å²) in [6.07, 6.45) is 0.440. The van der Waals surface area contributed by atoms with Crippen LogP contribution in [0.4, 0.5) is 10.5 Å². The average molecular weight is 1590 g/mol. The van der Waals surface area contributed by atoms with Crippen LogP contribution in [0.1, 0.15) is 189 Å². The van der Waals surface area contributed by atoms with Crippen LogP contribution in [0.5, 0.6) is 5.75 Å². The molecule has 12 atom stereocenters. The number of aliphatic hydroxyl groups is 1. The Labute approximate surface area is 660 Å². The number of aryl methyl sites for hydroxylation is 1. The third kappa shape index (κ3) is 26.5. The predicted molar refractivity (Wildman–Crippen MR) is 423 cm³/mol. The van der Waals surface area contributed by atoms with Gasteiger partial charge in [0, 0.05) is 82.3 Å². The third-order valence-electron chi connectivity index (χ3n) is 20.3. The molecular formula is C80H117N11O18S2. The van der Waals surface area contributed by atoms with E-state index in [4.69, 9.17) is 23.8 Å². The van der Waals surface area contributed by atoms with Gasteiger partial charge in [-0.25, -0.2) is 15.0 Å². The van der Waals surface area contributed by atoms with Crippen molar-refractivity contribution in [2.75, 3.05) is 52.5 Å². The predicted octanol–water partition coefficient (Wildman–Crippen LogP) is 8.34. The van der Waals surface area contributed by atoms with E-state index in [1.54, 1.807) is 115 Å². The molecule has 0 radical (unpaired) electrons. The van der Waals surface area contributed by atoms with Crippen molar-refractivity contribution >= 4 is 104 Å². The molecular weight excluding hydrogens is 1470 g/mol. The lowest BCUT2D eigenvalue weighted by Crippen LogP contribution is -2.60. The van der Waals surface area contributed by atoms with Crippen LogP contribution in [0.3, 0.4) is 0 Å². The molecule has 0 unspecified atom stereocenters. The van der Waals surface area contributed by atoms with Crippen LogP contribution < -0.4 is 36.7 Å². The lowest BCUT2D eigenvalue weighted by Gasteiger charge is -2.41. The van der Waals surface area contributed by atoms with Gasteiger partial charge in [0.25, 0.3) is 11.8 Å². The maximum atomic E-state index is 14.8. The number of anilines is 1. The van der Waals surface area contributed by atoms with E-state index in [1.807, 2.05) is 58.0 Å². The minimum Gasteiger partial charge on any atom is -0.494 e. The zero-order valence-corrected chi connectivity index (χ0v) is 69.0. The number of fused-ring (bicyclic) bond motifs is 1.